The van der Waals surface area contributed by atoms with Gasteiger partial charge < -0.3 is 4.90 Å². The molecule has 0 aliphatic carbocycles. The summed E-state index contributed by atoms with van der Waals surface area (Å²) in [6, 6.07) is 6.99. The van der Waals surface area contributed by atoms with Gasteiger partial charge in [-0.05, 0) is 30.2 Å². The second-order valence-electron chi connectivity index (χ2n) is 6.53. The van der Waals surface area contributed by atoms with E-state index in [1.165, 1.54) is 11.8 Å². The summed E-state index contributed by atoms with van der Waals surface area (Å²) >= 11 is 7.34. The standard InChI is InChI=1S/C16H19ClN2O3S2/c1-10(2)7-15(20)18-16-19(12-5-3-11(17)4-6-12)13-8-24(21,22)9-14(13)23-16/h3-6,10,13-14H,7-9H2,1-2H3. The number of hydrogen-bond acceptors (Lipinski definition) is 4. The van der Waals surface area contributed by atoms with E-state index in [0.29, 0.717) is 16.6 Å². The van der Waals surface area contributed by atoms with Gasteiger partial charge >= 0.3 is 0 Å². The maximum absolute atomic E-state index is 12.1. The fraction of sp³-hybridized carbons (Fsp3) is 0.500. The minimum Gasteiger partial charge on any atom is -0.316 e. The van der Waals surface area contributed by atoms with Crippen molar-refractivity contribution in [2.45, 2.75) is 31.6 Å². The van der Waals surface area contributed by atoms with E-state index in [1.807, 2.05) is 30.9 Å². The SMILES string of the molecule is CC(C)CC(=O)N=C1SC2CS(=O)(=O)CC2N1c1ccc(Cl)cc1. The normalized spacial score (nSPS) is 27.0. The van der Waals surface area contributed by atoms with Crippen LogP contribution in [0.3, 0.4) is 0 Å². The van der Waals surface area contributed by atoms with Crippen LogP contribution in [-0.4, -0.2) is 42.3 Å². The van der Waals surface area contributed by atoms with Crippen molar-refractivity contribution < 1.29 is 13.2 Å². The number of amidine groups is 1. The lowest BCUT2D eigenvalue weighted by Crippen LogP contribution is -2.37. The Morgan fingerprint density at radius 3 is 2.62 bits per heavy atom. The maximum Gasteiger partial charge on any atom is 0.248 e. The lowest BCUT2D eigenvalue weighted by Gasteiger charge is -2.24. The number of fused-ring (bicyclic) bond motifs is 1. The van der Waals surface area contributed by atoms with Gasteiger partial charge in [-0.1, -0.05) is 37.2 Å². The van der Waals surface area contributed by atoms with Crippen LogP contribution in [0.25, 0.3) is 0 Å². The van der Waals surface area contributed by atoms with Crippen molar-refractivity contribution in [3.05, 3.63) is 29.3 Å². The Morgan fingerprint density at radius 1 is 1.33 bits per heavy atom. The van der Waals surface area contributed by atoms with E-state index in [0.717, 1.165) is 5.69 Å². The van der Waals surface area contributed by atoms with Crippen molar-refractivity contribution in [2.75, 3.05) is 16.4 Å². The predicted molar refractivity (Wildman–Crippen MR) is 99.6 cm³/mol. The zero-order valence-corrected chi connectivity index (χ0v) is 15.9. The van der Waals surface area contributed by atoms with Crippen molar-refractivity contribution in [1.29, 1.82) is 0 Å². The topological polar surface area (TPSA) is 66.8 Å². The van der Waals surface area contributed by atoms with E-state index in [4.69, 9.17) is 11.6 Å². The molecule has 8 heteroatoms. The molecule has 2 aliphatic rings. The first-order valence-electron chi connectivity index (χ1n) is 7.78. The first kappa shape index (κ1) is 17.8. The Labute approximate surface area is 151 Å². The van der Waals surface area contributed by atoms with Gasteiger partial charge in [-0.15, -0.1) is 0 Å². The van der Waals surface area contributed by atoms with E-state index >= 15 is 0 Å². The van der Waals surface area contributed by atoms with Crippen LogP contribution in [0.1, 0.15) is 20.3 Å². The molecule has 1 aromatic rings. The average molecular weight is 387 g/mol. The molecule has 3 rings (SSSR count). The van der Waals surface area contributed by atoms with Crippen LogP contribution in [-0.2, 0) is 14.6 Å². The van der Waals surface area contributed by atoms with Crippen molar-refractivity contribution in [1.82, 2.24) is 0 Å². The highest BCUT2D eigenvalue weighted by molar-refractivity contribution is 8.16. The third kappa shape index (κ3) is 3.78. The quantitative estimate of drug-likeness (QED) is 0.798. The van der Waals surface area contributed by atoms with Crippen molar-refractivity contribution in [3.8, 4) is 0 Å². The molecule has 0 spiro atoms. The molecule has 2 heterocycles. The zero-order valence-electron chi connectivity index (χ0n) is 13.5. The molecule has 1 aromatic carbocycles. The lowest BCUT2D eigenvalue weighted by atomic mass is 10.1. The Kier molecular flexibility index (Phi) is 4.95. The number of hydrogen-bond donors (Lipinski definition) is 0. The molecular weight excluding hydrogens is 368 g/mol. The average Bonchev–Trinajstić information content (AvgIpc) is 2.90. The third-order valence-corrected chi connectivity index (χ3v) is 7.44. The molecule has 1 amide bonds. The second kappa shape index (κ2) is 6.69. The number of halogens is 1. The number of benzene rings is 1. The maximum atomic E-state index is 12.1. The highest BCUT2D eigenvalue weighted by atomic mass is 35.5. The van der Waals surface area contributed by atoms with Crippen LogP contribution in [0.2, 0.25) is 5.02 Å². The molecule has 2 unspecified atom stereocenters. The van der Waals surface area contributed by atoms with Crippen LogP contribution in [0.4, 0.5) is 5.69 Å². The fourth-order valence-corrected chi connectivity index (χ4v) is 7.03. The predicted octanol–water partition coefficient (Wildman–Crippen LogP) is 2.99. The lowest BCUT2D eigenvalue weighted by molar-refractivity contribution is -0.118. The number of anilines is 1. The summed E-state index contributed by atoms with van der Waals surface area (Å²) < 4.78 is 24.0. The summed E-state index contributed by atoms with van der Waals surface area (Å²) in [5.41, 5.74) is 0.813. The first-order valence-corrected chi connectivity index (χ1v) is 10.9. The molecular formula is C16H19ClN2O3S2. The van der Waals surface area contributed by atoms with Gasteiger partial charge in [0.15, 0.2) is 15.0 Å². The number of carbonyl (C=O) groups is 1. The molecule has 2 saturated heterocycles. The summed E-state index contributed by atoms with van der Waals surface area (Å²) in [6.07, 6.45) is 0.381. The highest BCUT2D eigenvalue weighted by Gasteiger charge is 2.49. The van der Waals surface area contributed by atoms with Gasteiger partial charge in [0.05, 0.1) is 17.5 Å². The number of carbonyl (C=O) groups excluding carboxylic acids is 1. The summed E-state index contributed by atoms with van der Waals surface area (Å²) in [7, 11) is -3.05. The van der Waals surface area contributed by atoms with Crippen molar-refractivity contribution in [2.24, 2.45) is 10.9 Å². The molecule has 2 aliphatic heterocycles. The van der Waals surface area contributed by atoms with Gasteiger partial charge in [-0.2, -0.15) is 4.99 Å². The number of amides is 1. The van der Waals surface area contributed by atoms with Crippen LogP contribution in [0.5, 0.6) is 0 Å². The summed E-state index contributed by atoms with van der Waals surface area (Å²) in [5, 5.41) is 1.11. The van der Waals surface area contributed by atoms with Crippen molar-refractivity contribution >= 4 is 50.0 Å². The molecule has 5 nitrogen and oxygen atoms in total. The van der Waals surface area contributed by atoms with Crippen LogP contribution in [0, 0.1) is 5.92 Å². The number of sulfone groups is 1. The molecule has 0 N–H and O–H groups in total. The van der Waals surface area contributed by atoms with Crippen molar-refractivity contribution in [3.63, 3.8) is 0 Å². The molecule has 2 atom stereocenters. The van der Waals surface area contributed by atoms with E-state index < -0.39 is 9.84 Å². The Hall–Kier alpha value is -1.05. The molecule has 2 fully saturated rings. The van der Waals surface area contributed by atoms with Gasteiger partial charge in [0.1, 0.15) is 0 Å². The van der Waals surface area contributed by atoms with Crippen LogP contribution >= 0.6 is 23.4 Å². The van der Waals surface area contributed by atoms with Crippen LogP contribution in [0.15, 0.2) is 29.3 Å². The van der Waals surface area contributed by atoms with Gasteiger partial charge in [-0.3, -0.25) is 4.79 Å². The summed E-state index contributed by atoms with van der Waals surface area (Å²) in [5.74, 6) is 0.278. The zero-order chi connectivity index (χ0) is 17.5. The summed E-state index contributed by atoms with van der Waals surface area (Å²) in [6.45, 7) is 3.94. The van der Waals surface area contributed by atoms with Gasteiger partial charge in [0, 0.05) is 22.4 Å². The molecule has 24 heavy (non-hydrogen) atoms. The number of aliphatic imine (C=N–C) groups is 1. The smallest absolute Gasteiger partial charge is 0.248 e. The molecule has 0 aromatic heterocycles. The van der Waals surface area contributed by atoms with E-state index in [-0.39, 0.29) is 34.6 Å². The van der Waals surface area contributed by atoms with Crippen LogP contribution < -0.4 is 4.90 Å². The third-order valence-electron chi connectivity index (χ3n) is 3.97. The molecule has 0 radical (unpaired) electrons. The fourth-order valence-electron chi connectivity index (χ4n) is 2.97. The minimum absolute atomic E-state index is 0.0868. The number of thioether (sulfide) groups is 1. The summed E-state index contributed by atoms with van der Waals surface area (Å²) in [4.78, 5) is 18.3. The van der Waals surface area contributed by atoms with E-state index in [1.54, 1.807) is 12.1 Å². The van der Waals surface area contributed by atoms with E-state index in [9.17, 15) is 13.2 Å². The minimum atomic E-state index is -3.05. The van der Waals surface area contributed by atoms with Gasteiger partial charge in [0.2, 0.25) is 5.91 Å². The molecule has 0 saturated carbocycles. The van der Waals surface area contributed by atoms with Gasteiger partial charge in [-0.25, -0.2) is 8.42 Å². The Balaban J connectivity index is 1.95. The Bertz CT molecular complexity index is 775. The molecule has 0 bridgehead atoms. The number of nitrogens with zero attached hydrogens (tertiary/aromatic N) is 2. The Morgan fingerprint density at radius 2 is 2.00 bits per heavy atom. The number of rotatable bonds is 3. The monoisotopic (exact) mass is 386 g/mol. The highest BCUT2D eigenvalue weighted by Crippen LogP contribution is 2.41. The molecule has 130 valence electrons. The second-order valence-corrected chi connectivity index (χ2v) is 10.3. The first-order chi connectivity index (χ1) is 11.2. The van der Waals surface area contributed by atoms with E-state index in [2.05, 4.69) is 4.99 Å². The van der Waals surface area contributed by atoms with Gasteiger partial charge in [0.25, 0.3) is 0 Å². The largest absolute Gasteiger partial charge is 0.316 e.